The Morgan fingerprint density at radius 3 is 2.67 bits per heavy atom. The fraction of sp³-hybridized carbons (Fsp3) is 0.333. The smallest absolute Gasteiger partial charge is 0.341 e. The number of ether oxygens (including phenoxy) is 1. The quantitative estimate of drug-likeness (QED) is 0.813. The molecule has 24 heavy (non-hydrogen) atoms. The van der Waals surface area contributed by atoms with Gasteiger partial charge in [0.05, 0.1) is 12.7 Å². The van der Waals surface area contributed by atoms with Gasteiger partial charge in [0.25, 0.3) is 5.91 Å². The standard InChI is InChI=1S/C18H18ClNO3S/c1-10-3-8-13-14(9-10)24-17(15(13)18(22)23-2)20-16(21)11-4-6-12(19)7-5-11/h4-7,10H,3,8-9H2,1-2H3,(H,20,21)/t10-/m0/s1. The maximum absolute atomic E-state index is 12.5. The summed E-state index contributed by atoms with van der Waals surface area (Å²) in [7, 11) is 1.36. The number of hydrogen-bond donors (Lipinski definition) is 1. The van der Waals surface area contributed by atoms with Gasteiger partial charge in [0.2, 0.25) is 0 Å². The molecule has 1 amide bonds. The summed E-state index contributed by atoms with van der Waals surface area (Å²) < 4.78 is 4.93. The first-order valence-corrected chi connectivity index (χ1v) is 8.98. The van der Waals surface area contributed by atoms with Crippen LogP contribution in [0.5, 0.6) is 0 Å². The third kappa shape index (κ3) is 3.32. The van der Waals surface area contributed by atoms with E-state index >= 15 is 0 Å². The highest BCUT2D eigenvalue weighted by Gasteiger charge is 2.29. The highest BCUT2D eigenvalue weighted by atomic mass is 35.5. The first kappa shape index (κ1) is 17.0. The Labute approximate surface area is 149 Å². The van der Waals surface area contributed by atoms with E-state index in [1.807, 2.05) is 0 Å². The van der Waals surface area contributed by atoms with Crippen LogP contribution in [0.1, 0.15) is 44.5 Å². The second-order valence-corrected chi connectivity index (χ2v) is 7.55. The largest absolute Gasteiger partial charge is 0.465 e. The molecule has 1 N–H and O–H groups in total. The molecule has 4 nitrogen and oxygen atoms in total. The number of esters is 1. The van der Waals surface area contributed by atoms with Crippen LogP contribution in [0, 0.1) is 5.92 Å². The summed E-state index contributed by atoms with van der Waals surface area (Å²) in [5.74, 6) is -0.0709. The Balaban J connectivity index is 1.93. The van der Waals surface area contributed by atoms with E-state index in [4.69, 9.17) is 16.3 Å². The topological polar surface area (TPSA) is 55.4 Å². The fourth-order valence-corrected chi connectivity index (χ4v) is 4.45. The predicted molar refractivity (Wildman–Crippen MR) is 96.3 cm³/mol. The monoisotopic (exact) mass is 363 g/mol. The molecule has 3 rings (SSSR count). The molecule has 0 fully saturated rings. The zero-order valence-corrected chi connectivity index (χ0v) is 15.1. The van der Waals surface area contributed by atoms with Crippen molar-refractivity contribution in [2.45, 2.75) is 26.2 Å². The van der Waals surface area contributed by atoms with E-state index in [-0.39, 0.29) is 5.91 Å². The number of benzene rings is 1. The summed E-state index contributed by atoms with van der Waals surface area (Å²) in [4.78, 5) is 25.9. The molecular weight excluding hydrogens is 346 g/mol. The predicted octanol–water partition coefficient (Wildman–Crippen LogP) is 4.57. The number of fused-ring (bicyclic) bond motifs is 1. The molecule has 1 aliphatic carbocycles. The lowest BCUT2D eigenvalue weighted by Crippen LogP contribution is -2.16. The van der Waals surface area contributed by atoms with Gasteiger partial charge in [-0.3, -0.25) is 4.79 Å². The van der Waals surface area contributed by atoms with Crippen LogP contribution in [0.15, 0.2) is 24.3 Å². The molecule has 0 bridgehead atoms. The molecule has 1 aliphatic rings. The molecule has 1 heterocycles. The van der Waals surface area contributed by atoms with Crippen molar-refractivity contribution in [3.8, 4) is 0 Å². The maximum Gasteiger partial charge on any atom is 0.341 e. The average Bonchev–Trinajstić information content (AvgIpc) is 2.91. The molecule has 0 saturated heterocycles. The molecule has 2 aromatic rings. The number of hydrogen-bond acceptors (Lipinski definition) is 4. The van der Waals surface area contributed by atoms with Crippen LogP contribution in [-0.2, 0) is 17.6 Å². The van der Waals surface area contributed by atoms with Crippen LogP contribution in [0.3, 0.4) is 0 Å². The van der Waals surface area contributed by atoms with Crippen molar-refractivity contribution >= 4 is 39.8 Å². The second kappa shape index (κ2) is 6.95. The minimum atomic E-state index is -0.395. The Bertz CT molecular complexity index is 782. The number of carbonyl (C=O) groups is 2. The van der Waals surface area contributed by atoms with Gasteiger partial charge in [0, 0.05) is 15.5 Å². The van der Waals surface area contributed by atoms with Gasteiger partial charge >= 0.3 is 5.97 Å². The lowest BCUT2D eigenvalue weighted by atomic mass is 9.88. The Kier molecular flexibility index (Phi) is 4.92. The van der Waals surface area contributed by atoms with E-state index in [1.165, 1.54) is 23.3 Å². The van der Waals surface area contributed by atoms with Gasteiger partial charge in [0.1, 0.15) is 5.00 Å². The van der Waals surface area contributed by atoms with Crippen LogP contribution >= 0.6 is 22.9 Å². The SMILES string of the molecule is COC(=O)c1c(NC(=O)c2ccc(Cl)cc2)sc2c1CC[C@H](C)C2. The van der Waals surface area contributed by atoms with Gasteiger partial charge in [-0.2, -0.15) is 0 Å². The molecule has 0 unspecified atom stereocenters. The van der Waals surface area contributed by atoms with Gasteiger partial charge < -0.3 is 10.1 Å². The van der Waals surface area contributed by atoms with Crippen LogP contribution in [0.25, 0.3) is 0 Å². The second-order valence-electron chi connectivity index (χ2n) is 6.01. The molecule has 1 atom stereocenters. The van der Waals surface area contributed by atoms with Crippen molar-refractivity contribution in [1.82, 2.24) is 0 Å². The van der Waals surface area contributed by atoms with Crippen molar-refractivity contribution in [3.05, 3.63) is 50.9 Å². The number of anilines is 1. The molecule has 0 radical (unpaired) electrons. The lowest BCUT2D eigenvalue weighted by molar-refractivity contribution is 0.0601. The Hall–Kier alpha value is -1.85. The zero-order valence-electron chi connectivity index (χ0n) is 13.5. The number of nitrogens with one attached hydrogen (secondary N) is 1. The van der Waals surface area contributed by atoms with E-state index in [0.717, 1.165) is 24.8 Å². The highest BCUT2D eigenvalue weighted by Crippen LogP contribution is 2.40. The van der Waals surface area contributed by atoms with Crippen LogP contribution in [-0.4, -0.2) is 19.0 Å². The van der Waals surface area contributed by atoms with Crippen molar-refractivity contribution in [1.29, 1.82) is 0 Å². The number of carbonyl (C=O) groups excluding carboxylic acids is 2. The number of amides is 1. The summed E-state index contributed by atoms with van der Waals surface area (Å²) in [5.41, 5.74) is 2.03. The van der Waals surface area contributed by atoms with Crippen molar-refractivity contribution < 1.29 is 14.3 Å². The number of halogens is 1. The minimum absolute atomic E-state index is 0.261. The first-order chi connectivity index (χ1) is 11.5. The van der Waals surface area contributed by atoms with Crippen LogP contribution < -0.4 is 5.32 Å². The third-order valence-electron chi connectivity index (χ3n) is 4.23. The van der Waals surface area contributed by atoms with E-state index in [1.54, 1.807) is 24.3 Å². The van der Waals surface area contributed by atoms with Gasteiger partial charge in [-0.15, -0.1) is 11.3 Å². The van der Waals surface area contributed by atoms with Crippen molar-refractivity contribution in [3.63, 3.8) is 0 Å². The van der Waals surface area contributed by atoms with E-state index in [0.29, 0.717) is 27.1 Å². The molecule has 6 heteroatoms. The first-order valence-electron chi connectivity index (χ1n) is 7.79. The van der Waals surface area contributed by atoms with Gasteiger partial charge in [0.15, 0.2) is 0 Å². The van der Waals surface area contributed by atoms with Crippen molar-refractivity contribution in [2.24, 2.45) is 5.92 Å². The summed E-state index contributed by atoms with van der Waals surface area (Å²) >= 11 is 7.33. The minimum Gasteiger partial charge on any atom is -0.465 e. The van der Waals surface area contributed by atoms with Crippen LogP contribution in [0.2, 0.25) is 5.02 Å². The number of thiophene rings is 1. The molecule has 0 spiro atoms. The number of methoxy groups -OCH3 is 1. The molecular formula is C18H18ClNO3S. The number of rotatable bonds is 3. The average molecular weight is 364 g/mol. The van der Waals surface area contributed by atoms with Gasteiger partial charge in [-0.25, -0.2) is 4.79 Å². The van der Waals surface area contributed by atoms with Crippen molar-refractivity contribution in [2.75, 3.05) is 12.4 Å². The highest BCUT2D eigenvalue weighted by molar-refractivity contribution is 7.17. The lowest BCUT2D eigenvalue weighted by Gasteiger charge is -2.18. The van der Waals surface area contributed by atoms with E-state index in [2.05, 4.69) is 12.2 Å². The van der Waals surface area contributed by atoms with Gasteiger partial charge in [-0.05, 0) is 55.0 Å². The molecule has 1 aromatic carbocycles. The zero-order chi connectivity index (χ0) is 17.3. The summed E-state index contributed by atoms with van der Waals surface area (Å²) in [6.07, 6.45) is 2.81. The van der Waals surface area contributed by atoms with E-state index in [9.17, 15) is 9.59 Å². The normalized spacial score (nSPS) is 16.4. The summed E-state index contributed by atoms with van der Waals surface area (Å²) in [6.45, 7) is 2.20. The summed E-state index contributed by atoms with van der Waals surface area (Å²) in [5, 5.41) is 4.01. The molecule has 0 saturated carbocycles. The Morgan fingerprint density at radius 2 is 2.00 bits per heavy atom. The molecule has 126 valence electrons. The Morgan fingerprint density at radius 1 is 1.29 bits per heavy atom. The fourth-order valence-electron chi connectivity index (χ4n) is 2.93. The summed E-state index contributed by atoms with van der Waals surface area (Å²) in [6, 6.07) is 6.65. The van der Waals surface area contributed by atoms with Crippen LogP contribution in [0.4, 0.5) is 5.00 Å². The molecule has 1 aromatic heterocycles. The van der Waals surface area contributed by atoms with E-state index < -0.39 is 5.97 Å². The van der Waals surface area contributed by atoms with Gasteiger partial charge in [-0.1, -0.05) is 18.5 Å². The molecule has 0 aliphatic heterocycles. The third-order valence-corrected chi connectivity index (χ3v) is 5.66. The maximum atomic E-state index is 12.5.